The predicted octanol–water partition coefficient (Wildman–Crippen LogP) is 4.61. The molecule has 0 spiro atoms. The van der Waals surface area contributed by atoms with Crippen molar-refractivity contribution < 1.29 is 9.47 Å². The number of nitrogens with zero attached hydrogens (tertiary/aromatic N) is 2. The van der Waals surface area contributed by atoms with Crippen LogP contribution in [-0.4, -0.2) is 24.2 Å². The molecule has 0 saturated carbocycles. The van der Waals surface area contributed by atoms with Crippen molar-refractivity contribution in [1.82, 2.24) is 9.97 Å². The van der Waals surface area contributed by atoms with Gasteiger partial charge in [-0.3, -0.25) is 9.97 Å². The van der Waals surface area contributed by atoms with Gasteiger partial charge in [-0.05, 0) is 48.0 Å². The zero-order valence-corrected chi connectivity index (χ0v) is 17.3. The second-order valence-electron chi connectivity index (χ2n) is 6.56. The molecule has 3 aromatic rings. The summed E-state index contributed by atoms with van der Waals surface area (Å²) in [6, 6.07) is 9.49. The monoisotopic (exact) mass is 392 g/mol. The number of anilines is 1. The Balaban J connectivity index is 0.000000208. The summed E-state index contributed by atoms with van der Waals surface area (Å²) in [5, 5.41) is 0. The van der Waals surface area contributed by atoms with Crippen LogP contribution in [0.25, 0.3) is 23.2 Å². The molecule has 0 radical (unpaired) electrons. The third-order valence-corrected chi connectivity index (χ3v) is 4.27. The first-order valence-electron chi connectivity index (χ1n) is 9.23. The molecule has 0 bridgehead atoms. The van der Waals surface area contributed by atoms with E-state index in [0.29, 0.717) is 17.4 Å². The second kappa shape index (κ2) is 10.1. The van der Waals surface area contributed by atoms with Crippen LogP contribution in [0.3, 0.4) is 0 Å². The first-order valence-corrected chi connectivity index (χ1v) is 9.23. The lowest BCUT2D eigenvalue weighted by Crippen LogP contribution is -1.97. The molecule has 0 amide bonds. The molecule has 1 aromatic carbocycles. The highest BCUT2D eigenvalue weighted by Gasteiger charge is 2.09. The van der Waals surface area contributed by atoms with Gasteiger partial charge >= 0.3 is 0 Å². The third kappa shape index (κ3) is 5.25. The van der Waals surface area contributed by atoms with Gasteiger partial charge in [0.15, 0.2) is 0 Å². The molecule has 0 atom stereocenters. The Kier molecular flexibility index (Phi) is 7.60. The van der Waals surface area contributed by atoms with Gasteiger partial charge in [0.2, 0.25) is 0 Å². The summed E-state index contributed by atoms with van der Waals surface area (Å²) in [4.78, 5) is 8.81. The van der Waals surface area contributed by atoms with E-state index in [0.717, 1.165) is 33.6 Å². The van der Waals surface area contributed by atoms with E-state index in [1.54, 1.807) is 32.6 Å². The maximum absolute atomic E-state index is 5.82. The van der Waals surface area contributed by atoms with Crippen molar-refractivity contribution in [2.24, 2.45) is 5.73 Å². The highest BCUT2D eigenvalue weighted by atomic mass is 16.5. The third-order valence-electron chi connectivity index (χ3n) is 4.27. The molecule has 4 N–H and O–H groups in total. The van der Waals surface area contributed by atoms with E-state index in [4.69, 9.17) is 20.9 Å². The van der Waals surface area contributed by atoms with Gasteiger partial charge in [0.1, 0.15) is 17.0 Å². The summed E-state index contributed by atoms with van der Waals surface area (Å²) in [5.74, 6) is 1.88. The van der Waals surface area contributed by atoms with Crippen LogP contribution in [0.15, 0.2) is 49.3 Å². The smallest absolute Gasteiger partial charge is 0.148 e. The number of methoxy groups -OCH3 is 2. The van der Waals surface area contributed by atoms with Gasteiger partial charge in [-0.2, -0.15) is 0 Å². The minimum atomic E-state index is 0.392. The van der Waals surface area contributed by atoms with Gasteiger partial charge in [0.25, 0.3) is 0 Å². The quantitative estimate of drug-likeness (QED) is 0.616. The Morgan fingerprint density at radius 1 is 1.10 bits per heavy atom. The van der Waals surface area contributed by atoms with Crippen LogP contribution in [0, 0.1) is 0 Å². The number of hydrogen-bond acceptors (Lipinski definition) is 6. The molecule has 2 aromatic heterocycles. The minimum absolute atomic E-state index is 0.392. The van der Waals surface area contributed by atoms with Gasteiger partial charge in [0.05, 0.1) is 19.7 Å². The molecule has 2 heterocycles. The van der Waals surface area contributed by atoms with E-state index in [1.807, 2.05) is 30.3 Å². The summed E-state index contributed by atoms with van der Waals surface area (Å²) in [5.41, 5.74) is 16.2. The molecular formula is C23H28N4O2. The molecule has 0 fully saturated rings. The molecule has 0 unspecified atom stereocenters. The highest BCUT2D eigenvalue weighted by molar-refractivity contribution is 5.80. The first-order chi connectivity index (χ1) is 13.9. The Bertz CT molecular complexity index is 1010. The number of rotatable bonds is 5. The van der Waals surface area contributed by atoms with Crippen molar-refractivity contribution in [2.75, 3.05) is 20.0 Å². The van der Waals surface area contributed by atoms with Crippen molar-refractivity contribution >= 4 is 28.9 Å². The zero-order valence-electron chi connectivity index (χ0n) is 17.3. The number of fused-ring (bicyclic) bond motifs is 1. The lowest BCUT2D eigenvalue weighted by atomic mass is 10.1. The summed E-state index contributed by atoms with van der Waals surface area (Å²) < 4.78 is 10.5. The second-order valence-corrected chi connectivity index (χ2v) is 6.56. The fraction of sp³-hybridized carbons (Fsp3) is 0.217. The van der Waals surface area contributed by atoms with Crippen molar-refractivity contribution in [3.8, 4) is 11.5 Å². The zero-order chi connectivity index (χ0) is 21.4. The van der Waals surface area contributed by atoms with E-state index < -0.39 is 0 Å². The van der Waals surface area contributed by atoms with Crippen LogP contribution in [0.1, 0.15) is 36.6 Å². The fourth-order valence-corrected chi connectivity index (χ4v) is 2.73. The summed E-state index contributed by atoms with van der Waals surface area (Å²) >= 11 is 0. The standard InChI is InChI=1S/C12H14N2O.C11H14N2O/c1-8(2)10-7-11(15-3)12-9(14-10)5-4-6-13-12;1-3-8-6-10(13)9(4-5-12)11(7-8)14-2/h4-8H,1-3H3;3-7H,1,12-13H2,2H3/b;5-4-. The molecule has 0 saturated heterocycles. The van der Waals surface area contributed by atoms with Gasteiger partial charge in [-0.1, -0.05) is 26.5 Å². The van der Waals surface area contributed by atoms with E-state index >= 15 is 0 Å². The number of hydrogen-bond donors (Lipinski definition) is 2. The Morgan fingerprint density at radius 2 is 1.83 bits per heavy atom. The number of pyridine rings is 2. The number of ether oxygens (including phenoxy) is 2. The molecule has 0 aliphatic heterocycles. The van der Waals surface area contributed by atoms with Crippen LogP contribution < -0.4 is 20.9 Å². The first kappa shape index (κ1) is 21.8. The van der Waals surface area contributed by atoms with Crippen molar-refractivity contribution in [2.45, 2.75) is 19.8 Å². The number of nitrogens with two attached hydrogens (primary N) is 2. The van der Waals surface area contributed by atoms with Crippen molar-refractivity contribution in [1.29, 1.82) is 0 Å². The van der Waals surface area contributed by atoms with Gasteiger partial charge < -0.3 is 20.9 Å². The Labute approximate surface area is 171 Å². The van der Waals surface area contributed by atoms with Gasteiger partial charge in [0, 0.05) is 29.2 Å². The fourth-order valence-electron chi connectivity index (χ4n) is 2.73. The van der Waals surface area contributed by atoms with Crippen LogP contribution in [0.4, 0.5) is 5.69 Å². The predicted molar refractivity (Wildman–Crippen MR) is 121 cm³/mol. The number of benzene rings is 1. The largest absolute Gasteiger partial charge is 0.496 e. The Morgan fingerprint density at radius 3 is 2.41 bits per heavy atom. The van der Waals surface area contributed by atoms with Crippen molar-refractivity contribution in [3.05, 3.63) is 66.1 Å². The SMILES string of the molecule is C=Cc1cc(N)c(/C=C\N)c(OC)c1.COc1cc(C(C)C)nc2cccnc12. The highest BCUT2D eigenvalue weighted by Crippen LogP contribution is 2.28. The Hall–Kier alpha value is -3.54. The topological polar surface area (TPSA) is 96.3 Å². The molecular weight excluding hydrogens is 364 g/mol. The number of aromatic nitrogens is 2. The molecule has 6 nitrogen and oxygen atoms in total. The minimum Gasteiger partial charge on any atom is -0.496 e. The summed E-state index contributed by atoms with van der Waals surface area (Å²) in [6.45, 7) is 7.90. The number of nitrogen functional groups attached to an aromatic ring is 1. The molecule has 0 aliphatic carbocycles. The molecule has 152 valence electrons. The van der Waals surface area contributed by atoms with Crippen LogP contribution in [0.2, 0.25) is 0 Å². The van der Waals surface area contributed by atoms with Gasteiger partial charge in [-0.25, -0.2) is 0 Å². The van der Waals surface area contributed by atoms with E-state index in [-0.39, 0.29) is 0 Å². The van der Waals surface area contributed by atoms with E-state index in [2.05, 4.69) is 30.4 Å². The van der Waals surface area contributed by atoms with Gasteiger partial charge in [-0.15, -0.1) is 0 Å². The van der Waals surface area contributed by atoms with Crippen LogP contribution >= 0.6 is 0 Å². The normalized spacial score (nSPS) is 10.7. The molecule has 29 heavy (non-hydrogen) atoms. The lowest BCUT2D eigenvalue weighted by Gasteiger charge is -2.09. The van der Waals surface area contributed by atoms with E-state index in [9.17, 15) is 0 Å². The average Bonchev–Trinajstić information content (AvgIpc) is 2.74. The van der Waals surface area contributed by atoms with Crippen LogP contribution in [0.5, 0.6) is 11.5 Å². The average molecular weight is 393 g/mol. The maximum atomic E-state index is 5.82. The molecule has 0 aliphatic rings. The van der Waals surface area contributed by atoms with E-state index in [1.165, 1.54) is 6.20 Å². The van der Waals surface area contributed by atoms with Crippen LogP contribution in [-0.2, 0) is 0 Å². The maximum Gasteiger partial charge on any atom is 0.148 e. The van der Waals surface area contributed by atoms with Crippen molar-refractivity contribution in [3.63, 3.8) is 0 Å². The molecule has 3 rings (SSSR count). The lowest BCUT2D eigenvalue weighted by molar-refractivity contribution is 0.414. The summed E-state index contributed by atoms with van der Waals surface area (Å²) in [6.07, 6.45) is 6.61. The molecule has 6 heteroatoms. The summed E-state index contributed by atoms with van der Waals surface area (Å²) in [7, 11) is 3.25.